The Kier molecular flexibility index (Phi) is 1.85. The second kappa shape index (κ2) is 5.69. The number of nitrogens with zero attached hydrogens (tertiary/aromatic N) is 2. The Hall–Kier alpha value is -2.68. The summed E-state index contributed by atoms with van der Waals surface area (Å²) in [4.78, 5) is 8.64. The van der Waals surface area contributed by atoms with Gasteiger partial charge in [-0.05, 0) is 67.5 Å². The lowest BCUT2D eigenvalue weighted by Gasteiger charge is -2.11. The first-order valence-electron chi connectivity index (χ1n) is 12.8. The van der Waals surface area contributed by atoms with Crippen LogP contribution in [-0.4, -0.2) is 9.97 Å². The lowest BCUT2D eigenvalue weighted by atomic mass is 9.97. The average molecular weight is 340 g/mol. The molecule has 0 bridgehead atoms. The zero-order valence-electron chi connectivity index (χ0n) is 23.8. The molecule has 0 radical (unpaired) electrons. The minimum atomic E-state index is -2.80. The van der Waals surface area contributed by atoms with Crippen LogP contribution in [0.4, 0.5) is 0 Å². The van der Waals surface area contributed by atoms with E-state index in [0.717, 1.165) is 13.1 Å². The summed E-state index contributed by atoms with van der Waals surface area (Å²) in [6, 6.07) is 7.57. The van der Waals surface area contributed by atoms with Crippen molar-refractivity contribution in [2.75, 3.05) is 0 Å². The lowest BCUT2D eigenvalue weighted by molar-refractivity contribution is 0.653. The highest BCUT2D eigenvalue weighted by atomic mass is 16.3. The number of aryl methyl sites for hydroxylation is 3. The van der Waals surface area contributed by atoms with Gasteiger partial charge in [-0.2, -0.15) is 0 Å². The Bertz CT molecular complexity index is 1450. The van der Waals surface area contributed by atoms with Crippen LogP contribution in [0, 0.1) is 20.6 Å². The summed E-state index contributed by atoms with van der Waals surface area (Å²) in [5.74, 6) is -2.22. The molecule has 4 rings (SSSR count). The van der Waals surface area contributed by atoms with E-state index in [4.69, 9.17) is 18.1 Å². The number of aromatic nitrogens is 2. The summed E-state index contributed by atoms with van der Waals surface area (Å²) in [6.45, 7) is -5.09. The molecule has 3 heterocycles. The quantitative estimate of drug-likeness (QED) is 0.443. The summed E-state index contributed by atoms with van der Waals surface area (Å²) in [6.07, 6.45) is 1.09. The third-order valence-electron chi connectivity index (χ3n) is 4.21. The standard InChI is InChI=1S/C22H22N2O/c1-12(2)18-11-23-19(10-14(18)4)16-8-6-13(3)20-17-9-7-15(5)24-22(17)25-21(16)20/h6-12H,1-5H3/i1D3,3D3,4D3,12D. The van der Waals surface area contributed by atoms with E-state index in [-0.39, 0.29) is 33.7 Å². The van der Waals surface area contributed by atoms with Crippen LogP contribution in [0.2, 0.25) is 0 Å². The molecule has 3 heteroatoms. The maximum absolute atomic E-state index is 8.39. The predicted octanol–water partition coefficient (Wildman–Crippen LogP) is 6.09. The maximum atomic E-state index is 8.39. The monoisotopic (exact) mass is 340 g/mol. The van der Waals surface area contributed by atoms with E-state index in [2.05, 4.69) is 9.97 Å². The number of benzene rings is 1. The molecule has 0 N–H and O–H groups in total. The SMILES string of the molecule is [2H]C([2H])([2H])c1cc(-c2ccc(C([2H])([2H])[2H])c3c2oc2nc(C)ccc23)ncc1C([2H])(C)C([2H])([2H])[2H]. The molecule has 126 valence electrons. The van der Waals surface area contributed by atoms with E-state index < -0.39 is 26.4 Å². The van der Waals surface area contributed by atoms with Crippen molar-refractivity contribution in [3.63, 3.8) is 0 Å². The third kappa shape index (κ3) is 2.51. The molecule has 0 saturated carbocycles. The van der Waals surface area contributed by atoms with Gasteiger partial charge in [0.2, 0.25) is 5.71 Å². The Morgan fingerprint density at radius 1 is 1.16 bits per heavy atom. The van der Waals surface area contributed by atoms with Gasteiger partial charge in [-0.25, -0.2) is 4.98 Å². The van der Waals surface area contributed by atoms with Gasteiger partial charge >= 0.3 is 0 Å². The number of hydrogen-bond donors (Lipinski definition) is 0. The van der Waals surface area contributed by atoms with Crippen LogP contribution >= 0.6 is 0 Å². The van der Waals surface area contributed by atoms with Crippen LogP contribution < -0.4 is 0 Å². The van der Waals surface area contributed by atoms with Gasteiger partial charge in [0.05, 0.1) is 5.69 Å². The van der Waals surface area contributed by atoms with Gasteiger partial charge in [0, 0.05) is 41.9 Å². The van der Waals surface area contributed by atoms with Crippen LogP contribution in [0.5, 0.6) is 0 Å². The van der Waals surface area contributed by atoms with Gasteiger partial charge in [-0.1, -0.05) is 19.8 Å². The van der Waals surface area contributed by atoms with Gasteiger partial charge in [0.15, 0.2) is 0 Å². The van der Waals surface area contributed by atoms with Crippen molar-refractivity contribution in [2.24, 2.45) is 0 Å². The zero-order chi connectivity index (χ0) is 26.1. The van der Waals surface area contributed by atoms with E-state index >= 15 is 0 Å². The van der Waals surface area contributed by atoms with Crippen molar-refractivity contribution < 1.29 is 18.1 Å². The molecule has 25 heavy (non-hydrogen) atoms. The van der Waals surface area contributed by atoms with Crippen LogP contribution in [0.25, 0.3) is 33.3 Å². The summed E-state index contributed by atoms with van der Waals surface area (Å²) in [7, 11) is 0. The van der Waals surface area contributed by atoms with Crippen molar-refractivity contribution in [2.45, 2.75) is 40.3 Å². The Morgan fingerprint density at radius 3 is 2.84 bits per heavy atom. The van der Waals surface area contributed by atoms with E-state index in [1.54, 1.807) is 19.1 Å². The van der Waals surface area contributed by atoms with E-state index in [1.165, 1.54) is 18.2 Å². The molecule has 0 aliphatic rings. The zero-order valence-corrected chi connectivity index (χ0v) is 13.8. The highest BCUT2D eigenvalue weighted by molar-refractivity contribution is 6.10. The third-order valence-corrected chi connectivity index (χ3v) is 4.21. The van der Waals surface area contributed by atoms with Crippen molar-refractivity contribution in [1.82, 2.24) is 9.97 Å². The lowest BCUT2D eigenvalue weighted by Crippen LogP contribution is -1.95. The highest BCUT2D eigenvalue weighted by Gasteiger charge is 2.17. The first kappa shape index (κ1) is 8.13. The molecular formula is C22H22N2O. The fourth-order valence-electron chi connectivity index (χ4n) is 2.96. The van der Waals surface area contributed by atoms with Gasteiger partial charge in [0.1, 0.15) is 5.58 Å². The van der Waals surface area contributed by atoms with E-state index in [9.17, 15) is 0 Å². The van der Waals surface area contributed by atoms with E-state index in [0.29, 0.717) is 22.0 Å². The van der Waals surface area contributed by atoms with Crippen LogP contribution in [-0.2, 0) is 0 Å². The highest BCUT2D eigenvalue weighted by Crippen LogP contribution is 2.37. The molecule has 0 fully saturated rings. The minimum absolute atomic E-state index is 0.0504. The van der Waals surface area contributed by atoms with Gasteiger partial charge in [-0.3, -0.25) is 4.98 Å². The predicted molar refractivity (Wildman–Crippen MR) is 103 cm³/mol. The molecule has 3 nitrogen and oxygen atoms in total. The largest absolute Gasteiger partial charge is 0.437 e. The summed E-state index contributed by atoms with van der Waals surface area (Å²) in [5.41, 5.74) is 1.02. The van der Waals surface area contributed by atoms with Crippen molar-refractivity contribution in [3.8, 4) is 11.3 Å². The van der Waals surface area contributed by atoms with Crippen molar-refractivity contribution in [1.29, 1.82) is 0 Å². The second-order valence-electron chi connectivity index (χ2n) is 6.01. The summed E-state index contributed by atoms with van der Waals surface area (Å²) in [5, 5.41) is 0.812. The molecule has 1 atom stereocenters. The Morgan fingerprint density at radius 2 is 2.04 bits per heavy atom. The maximum Gasteiger partial charge on any atom is 0.227 e. The number of rotatable bonds is 2. The number of pyridine rings is 2. The molecule has 1 unspecified atom stereocenters. The fourth-order valence-corrected chi connectivity index (χ4v) is 2.96. The molecule has 0 saturated heterocycles. The molecule has 0 aliphatic heterocycles. The van der Waals surface area contributed by atoms with Crippen LogP contribution in [0.3, 0.4) is 0 Å². The Labute approximate surface area is 161 Å². The molecule has 4 aromatic rings. The minimum Gasteiger partial charge on any atom is -0.437 e. The summed E-state index contributed by atoms with van der Waals surface area (Å²) >= 11 is 0. The normalized spacial score (nSPS) is 21.5. The molecule has 1 aromatic carbocycles. The van der Waals surface area contributed by atoms with Gasteiger partial charge in [-0.15, -0.1) is 0 Å². The first-order chi connectivity index (χ1) is 15.9. The topological polar surface area (TPSA) is 38.9 Å². The fraction of sp³-hybridized carbons (Fsp3) is 0.273. The Balaban J connectivity index is 2.06. The number of furan rings is 1. The second-order valence-corrected chi connectivity index (χ2v) is 6.01. The molecule has 0 amide bonds. The average Bonchev–Trinajstić information content (AvgIpc) is 3.08. The summed E-state index contributed by atoms with van der Waals surface area (Å²) < 4.78 is 85.3. The van der Waals surface area contributed by atoms with Crippen LogP contribution in [0.15, 0.2) is 40.9 Å². The van der Waals surface area contributed by atoms with Crippen molar-refractivity contribution >= 4 is 22.1 Å². The smallest absolute Gasteiger partial charge is 0.227 e. The number of fused-ring (bicyclic) bond motifs is 3. The van der Waals surface area contributed by atoms with Gasteiger partial charge in [0.25, 0.3) is 0 Å². The number of hydrogen-bond acceptors (Lipinski definition) is 3. The van der Waals surface area contributed by atoms with Gasteiger partial charge < -0.3 is 4.42 Å². The van der Waals surface area contributed by atoms with E-state index in [1.807, 2.05) is 0 Å². The van der Waals surface area contributed by atoms with Crippen LogP contribution in [0.1, 0.15) is 55.8 Å². The molecule has 3 aromatic heterocycles. The molecule has 0 spiro atoms. The first-order valence-corrected chi connectivity index (χ1v) is 7.77. The van der Waals surface area contributed by atoms with Crippen molar-refractivity contribution in [3.05, 3.63) is 58.9 Å². The molecule has 0 aliphatic carbocycles. The molecular weight excluding hydrogens is 308 g/mol.